The van der Waals surface area contributed by atoms with Crippen LogP contribution in [0.5, 0.6) is 0 Å². The molecule has 0 saturated carbocycles. The number of nitriles is 1. The Morgan fingerprint density at radius 3 is 3.17 bits per heavy atom. The lowest BCUT2D eigenvalue weighted by atomic mass is 9.99. The highest BCUT2D eigenvalue weighted by atomic mass is 79.9. The number of halogens is 1. The lowest BCUT2D eigenvalue weighted by Crippen LogP contribution is -2.13. The molecule has 1 aromatic carbocycles. The number of benzene rings is 1. The Bertz CT molecular complexity index is 642. The average molecular weight is 304 g/mol. The second-order valence-corrected chi connectivity index (χ2v) is 4.92. The van der Waals surface area contributed by atoms with Crippen molar-refractivity contribution in [1.82, 2.24) is 9.78 Å². The van der Waals surface area contributed by atoms with Crippen LogP contribution in [0.1, 0.15) is 11.1 Å². The monoisotopic (exact) mass is 303 g/mol. The first-order valence-electron chi connectivity index (χ1n) is 5.62. The second kappa shape index (κ2) is 4.56. The summed E-state index contributed by atoms with van der Waals surface area (Å²) < 4.78 is 8.37. The second-order valence-electron chi connectivity index (χ2n) is 4.07. The molecule has 4 nitrogen and oxygen atoms in total. The van der Waals surface area contributed by atoms with E-state index >= 15 is 0 Å². The van der Waals surface area contributed by atoms with E-state index in [0.717, 1.165) is 21.3 Å². The lowest BCUT2D eigenvalue weighted by molar-refractivity contribution is 0.109. The summed E-state index contributed by atoms with van der Waals surface area (Å²) in [6.07, 6.45) is 1.76. The molecule has 0 aliphatic carbocycles. The van der Waals surface area contributed by atoms with Crippen LogP contribution in [0.3, 0.4) is 0 Å². The maximum Gasteiger partial charge on any atom is 0.0998 e. The quantitative estimate of drug-likeness (QED) is 0.752. The average Bonchev–Trinajstić information content (AvgIpc) is 2.71. The van der Waals surface area contributed by atoms with Crippen molar-refractivity contribution in [1.29, 1.82) is 5.26 Å². The van der Waals surface area contributed by atoms with Gasteiger partial charge in [0.1, 0.15) is 0 Å². The Morgan fingerprint density at radius 2 is 2.33 bits per heavy atom. The summed E-state index contributed by atoms with van der Waals surface area (Å²) in [6.45, 7) is 1.85. The van der Waals surface area contributed by atoms with Gasteiger partial charge < -0.3 is 4.74 Å². The van der Waals surface area contributed by atoms with Crippen molar-refractivity contribution in [2.45, 2.75) is 13.2 Å². The molecular weight excluding hydrogens is 294 g/mol. The molecule has 0 N–H and O–H groups in total. The van der Waals surface area contributed by atoms with E-state index in [9.17, 15) is 5.26 Å². The zero-order valence-corrected chi connectivity index (χ0v) is 11.1. The molecule has 0 saturated heterocycles. The number of hydrogen-bond donors (Lipinski definition) is 0. The van der Waals surface area contributed by atoms with Crippen LogP contribution in [0.4, 0.5) is 0 Å². The van der Waals surface area contributed by atoms with Gasteiger partial charge in [-0.1, -0.05) is 12.1 Å². The van der Waals surface area contributed by atoms with Crippen molar-refractivity contribution in [3.8, 4) is 17.3 Å². The summed E-state index contributed by atoms with van der Waals surface area (Å²) in [6, 6.07) is 7.94. The molecule has 0 atom stereocenters. The van der Waals surface area contributed by atoms with Crippen LogP contribution in [0.25, 0.3) is 11.3 Å². The molecule has 1 aliphatic rings. The summed E-state index contributed by atoms with van der Waals surface area (Å²) in [4.78, 5) is 0. The third-order valence-electron chi connectivity index (χ3n) is 3.01. The Morgan fingerprint density at radius 1 is 1.44 bits per heavy atom. The number of rotatable bonds is 0. The van der Waals surface area contributed by atoms with E-state index in [0.29, 0.717) is 25.3 Å². The summed E-state index contributed by atoms with van der Waals surface area (Å²) in [5, 5.41) is 13.6. The highest BCUT2D eigenvalue weighted by Crippen LogP contribution is 2.34. The fourth-order valence-corrected chi connectivity index (χ4v) is 2.70. The van der Waals surface area contributed by atoms with E-state index in [1.54, 1.807) is 6.20 Å². The van der Waals surface area contributed by atoms with E-state index in [4.69, 9.17) is 4.74 Å². The third kappa shape index (κ3) is 1.74. The highest BCUT2D eigenvalue weighted by molar-refractivity contribution is 9.10. The first-order chi connectivity index (χ1) is 8.81. The molecular formula is C13H10BrN3O. The van der Waals surface area contributed by atoms with Gasteiger partial charge in [0.05, 0.1) is 47.8 Å². The number of ether oxygens (including phenoxy) is 1. The van der Waals surface area contributed by atoms with Crippen LogP contribution in [-0.2, 0) is 17.9 Å². The third-order valence-corrected chi connectivity index (χ3v) is 3.59. The minimum absolute atomic E-state index is 0.530. The van der Waals surface area contributed by atoms with Crippen molar-refractivity contribution < 1.29 is 4.74 Å². The van der Waals surface area contributed by atoms with E-state index < -0.39 is 0 Å². The molecule has 0 unspecified atom stereocenters. The van der Waals surface area contributed by atoms with Gasteiger partial charge in [-0.05, 0) is 27.6 Å². The minimum atomic E-state index is 0.530. The van der Waals surface area contributed by atoms with Crippen molar-refractivity contribution in [3.05, 3.63) is 40.0 Å². The summed E-state index contributed by atoms with van der Waals surface area (Å²) in [7, 11) is 0. The number of hydrogen-bond acceptors (Lipinski definition) is 3. The Labute approximate surface area is 113 Å². The van der Waals surface area contributed by atoms with Crippen LogP contribution < -0.4 is 0 Å². The molecule has 3 rings (SSSR count). The largest absolute Gasteiger partial charge is 0.375 e. The SMILES string of the molecule is N#Cc1cccc2c1-c1c(Br)cnn1CCOC2. The summed E-state index contributed by atoms with van der Waals surface area (Å²) in [5.74, 6) is 0. The van der Waals surface area contributed by atoms with Crippen molar-refractivity contribution in [3.63, 3.8) is 0 Å². The fourth-order valence-electron chi connectivity index (χ4n) is 2.21. The van der Waals surface area contributed by atoms with E-state index in [-0.39, 0.29) is 0 Å². The van der Waals surface area contributed by atoms with Gasteiger partial charge in [-0.3, -0.25) is 4.68 Å². The van der Waals surface area contributed by atoms with Gasteiger partial charge in [-0.2, -0.15) is 10.4 Å². The van der Waals surface area contributed by atoms with Crippen LogP contribution in [0, 0.1) is 11.3 Å². The first kappa shape index (κ1) is 11.5. The van der Waals surface area contributed by atoms with E-state index in [2.05, 4.69) is 27.1 Å². The zero-order chi connectivity index (χ0) is 12.5. The predicted molar refractivity (Wildman–Crippen MR) is 69.7 cm³/mol. The molecule has 0 bridgehead atoms. The maximum absolute atomic E-state index is 9.27. The van der Waals surface area contributed by atoms with Crippen molar-refractivity contribution >= 4 is 15.9 Å². The molecule has 90 valence electrons. The van der Waals surface area contributed by atoms with Gasteiger partial charge in [-0.25, -0.2) is 0 Å². The predicted octanol–water partition coefficient (Wildman–Crippen LogP) is 2.71. The van der Waals surface area contributed by atoms with E-state index in [1.807, 2.05) is 22.9 Å². The van der Waals surface area contributed by atoms with Gasteiger partial charge in [0.2, 0.25) is 0 Å². The summed E-state index contributed by atoms with van der Waals surface area (Å²) >= 11 is 3.51. The molecule has 0 fully saturated rings. The lowest BCUT2D eigenvalue weighted by Gasteiger charge is -2.17. The molecule has 1 aromatic heterocycles. The minimum Gasteiger partial charge on any atom is -0.375 e. The topological polar surface area (TPSA) is 50.8 Å². The molecule has 0 amide bonds. The van der Waals surface area contributed by atoms with Crippen LogP contribution in [0.15, 0.2) is 28.9 Å². The molecule has 2 aromatic rings. The Hall–Kier alpha value is -1.64. The first-order valence-corrected chi connectivity index (χ1v) is 6.42. The van der Waals surface area contributed by atoms with Crippen LogP contribution >= 0.6 is 15.9 Å². The van der Waals surface area contributed by atoms with Gasteiger partial charge in [0.25, 0.3) is 0 Å². The number of nitrogens with zero attached hydrogens (tertiary/aromatic N) is 3. The number of fused-ring (bicyclic) bond motifs is 3. The van der Waals surface area contributed by atoms with Crippen LogP contribution in [0.2, 0.25) is 0 Å². The molecule has 1 aliphatic heterocycles. The fraction of sp³-hybridized carbons (Fsp3) is 0.231. The molecule has 0 radical (unpaired) electrons. The van der Waals surface area contributed by atoms with Gasteiger partial charge in [0.15, 0.2) is 0 Å². The smallest absolute Gasteiger partial charge is 0.0998 e. The molecule has 2 heterocycles. The molecule has 5 heteroatoms. The standard InChI is InChI=1S/C13H10BrN3O/c14-11-7-16-17-4-5-18-8-10-3-1-2-9(6-15)12(10)13(11)17/h1-3,7H,4-5,8H2. The van der Waals surface area contributed by atoms with Gasteiger partial charge in [0, 0.05) is 5.56 Å². The van der Waals surface area contributed by atoms with Crippen LogP contribution in [-0.4, -0.2) is 16.4 Å². The normalized spacial score (nSPS) is 14.0. The van der Waals surface area contributed by atoms with E-state index in [1.165, 1.54) is 0 Å². The van der Waals surface area contributed by atoms with Gasteiger partial charge >= 0.3 is 0 Å². The summed E-state index contributed by atoms with van der Waals surface area (Å²) in [5.41, 5.74) is 3.56. The van der Waals surface area contributed by atoms with Crippen molar-refractivity contribution in [2.75, 3.05) is 6.61 Å². The zero-order valence-electron chi connectivity index (χ0n) is 9.56. The van der Waals surface area contributed by atoms with Crippen molar-refractivity contribution in [2.24, 2.45) is 0 Å². The maximum atomic E-state index is 9.27. The number of aromatic nitrogens is 2. The Kier molecular flexibility index (Phi) is 2.90. The Balaban J connectivity index is 2.34. The molecule has 0 spiro atoms. The molecule has 18 heavy (non-hydrogen) atoms. The van der Waals surface area contributed by atoms with Gasteiger partial charge in [-0.15, -0.1) is 0 Å². The highest BCUT2D eigenvalue weighted by Gasteiger charge is 2.20.